The van der Waals surface area contributed by atoms with Crippen molar-refractivity contribution >= 4 is 23.8 Å². The zero-order valence-electron chi connectivity index (χ0n) is 15.0. The van der Waals surface area contributed by atoms with Gasteiger partial charge in [-0.1, -0.05) is 22.7 Å². The highest BCUT2D eigenvalue weighted by Crippen LogP contribution is 2.30. The quantitative estimate of drug-likeness (QED) is 0.471. The molecule has 0 atom stereocenters. The van der Waals surface area contributed by atoms with E-state index in [1.165, 1.54) is 13.3 Å². The predicted molar refractivity (Wildman–Crippen MR) is 102 cm³/mol. The Hall–Kier alpha value is -3.33. The second-order valence-electron chi connectivity index (χ2n) is 5.80. The number of methoxy groups -OCH3 is 1. The van der Waals surface area contributed by atoms with Crippen molar-refractivity contribution < 1.29 is 28.0 Å². The largest absolute Gasteiger partial charge is 0.504 e. The van der Waals surface area contributed by atoms with Crippen LogP contribution in [0.4, 0.5) is 19.1 Å². The van der Waals surface area contributed by atoms with Crippen LogP contribution in [0.1, 0.15) is 11.3 Å². The van der Waals surface area contributed by atoms with Gasteiger partial charge in [-0.3, -0.25) is 0 Å². The van der Waals surface area contributed by atoms with Gasteiger partial charge in [-0.15, -0.1) is 5.10 Å². The summed E-state index contributed by atoms with van der Waals surface area (Å²) in [5.41, 5.74) is 2.29. The number of hydrogen-bond donors (Lipinski definition) is 2. The molecule has 0 spiro atoms. The van der Waals surface area contributed by atoms with E-state index in [4.69, 9.17) is 16.3 Å². The number of rotatable bonds is 5. The highest BCUT2D eigenvalue weighted by molar-refractivity contribution is 6.30. The maximum atomic E-state index is 13.2. The van der Waals surface area contributed by atoms with E-state index in [0.717, 1.165) is 6.07 Å². The van der Waals surface area contributed by atoms with Gasteiger partial charge in [0.2, 0.25) is 5.69 Å². The van der Waals surface area contributed by atoms with Crippen molar-refractivity contribution in [1.29, 1.82) is 0 Å². The number of para-hydroxylation sites is 1. The van der Waals surface area contributed by atoms with E-state index in [1.807, 2.05) is 0 Å². The number of H-pyrrole nitrogens is 1. The van der Waals surface area contributed by atoms with Crippen LogP contribution >= 0.6 is 11.6 Å². The Morgan fingerprint density at radius 3 is 2.59 bits per heavy atom. The van der Waals surface area contributed by atoms with Crippen LogP contribution in [-0.2, 0) is 6.18 Å². The van der Waals surface area contributed by atoms with Crippen LogP contribution in [0.25, 0.3) is 11.3 Å². The molecular weight excluding hydrogens is 409 g/mol. The molecule has 3 aromatic rings. The third kappa shape index (κ3) is 4.94. The molecule has 0 amide bonds. The average Bonchev–Trinajstić information content (AvgIpc) is 2.69. The van der Waals surface area contributed by atoms with Crippen molar-refractivity contribution in [3.05, 3.63) is 64.8 Å². The zero-order chi connectivity index (χ0) is 21.0. The summed E-state index contributed by atoms with van der Waals surface area (Å²) in [6, 6.07) is 11.9. The number of halogens is 4. The number of phenolic OH excluding ortho intramolecular Hbond substituents is 1. The predicted octanol–water partition coefficient (Wildman–Crippen LogP) is 4.40. The highest BCUT2D eigenvalue weighted by Gasteiger charge is 2.37. The molecule has 2 aromatic carbocycles. The van der Waals surface area contributed by atoms with Crippen molar-refractivity contribution in [2.45, 2.75) is 6.18 Å². The van der Waals surface area contributed by atoms with Crippen molar-refractivity contribution in [3.63, 3.8) is 0 Å². The molecule has 0 aliphatic carbocycles. The number of nitrogens with zero attached hydrogens (tertiary/aromatic N) is 2. The number of hydrogen-bond acceptors (Lipinski definition) is 5. The van der Waals surface area contributed by atoms with Crippen LogP contribution in [0.2, 0.25) is 5.02 Å². The lowest BCUT2D eigenvalue weighted by Gasteiger charge is -2.06. The molecule has 0 aliphatic heterocycles. The lowest BCUT2D eigenvalue weighted by Crippen LogP contribution is -2.20. The number of alkyl halides is 3. The van der Waals surface area contributed by atoms with Crippen molar-refractivity contribution in [2.24, 2.45) is 5.10 Å². The fourth-order valence-corrected chi connectivity index (χ4v) is 2.56. The molecule has 1 aromatic heterocycles. The fourth-order valence-electron chi connectivity index (χ4n) is 2.44. The van der Waals surface area contributed by atoms with Crippen LogP contribution in [-0.4, -0.2) is 23.4 Å². The first kappa shape index (κ1) is 20.4. The fraction of sp³-hybridized carbons (Fsp3) is 0.105. The molecule has 29 heavy (non-hydrogen) atoms. The Kier molecular flexibility index (Phi) is 5.88. The molecule has 0 unspecified atom stereocenters. The van der Waals surface area contributed by atoms with E-state index in [1.54, 1.807) is 42.5 Å². The van der Waals surface area contributed by atoms with E-state index in [-0.39, 0.29) is 23.1 Å². The summed E-state index contributed by atoms with van der Waals surface area (Å²) >= 11 is 5.83. The molecule has 0 saturated heterocycles. The molecule has 3 N–H and O–H groups in total. The van der Waals surface area contributed by atoms with Crippen molar-refractivity contribution in [3.8, 4) is 22.8 Å². The molecule has 0 bridgehead atoms. The first-order chi connectivity index (χ1) is 13.8. The van der Waals surface area contributed by atoms with Gasteiger partial charge < -0.3 is 9.84 Å². The van der Waals surface area contributed by atoms with Gasteiger partial charge >= 0.3 is 12.1 Å². The summed E-state index contributed by atoms with van der Waals surface area (Å²) in [4.78, 5) is 6.27. The van der Waals surface area contributed by atoms with E-state index < -0.39 is 11.9 Å². The lowest BCUT2D eigenvalue weighted by molar-refractivity contribution is -0.353. The number of phenols is 1. The number of ether oxygens (including phenoxy) is 1. The SMILES string of the molecule is COc1cccc(/C=N/Nc2nc(C(F)(F)F)cc(-c3ccc(Cl)cc3)[nH+]2)c1O. The van der Waals surface area contributed by atoms with Gasteiger partial charge in [0.15, 0.2) is 11.5 Å². The van der Waals surface area contributed by atoms with Crippen molar-refractivity contribution in [1.82, 2.24) is 4.98 Å². The summed E-state index contributed by atoms with van der Waals surface area (Å²) in [5.74, 6) is -0.144. The molecule has 0 saturated carbocycles. The molecule has 10 heteroatoms. The maximum Gasteiger partial charge on any atom is 0.449 e. The van der Waals surface area contributed by atoms with Gasteiger partial charge in [0.1, 0.15) is 5.69 Å². The normalized spacial score (nSPS) is 11.6. The van der Waals surface area contributed by atoms with Crippen LogP contribution in [0.5, 0.6) is 11.5 Å². The Bertz CT molecular complexity index is 1040. The van der Waals surface area contributed by atoms with Gasteiger partial charge in [0.25, 0.3) is 0 Å². The summed E-state index contributed by atoms with van der Waals surface area (Å²) in [6.45, 7) is 0. The molecule has 0 aliphatic rings. The molecule has 0 fully saturated rings. The molecule has 3 rings (SSSR count). The number of aromatic nitrogens is 2. The van der Waals surface area contributed by atoms with Crippen LogP contribution < -0.4 is 15.1 Å². The highest BCUT2D eigenvalue weighted by atomic mass is 35.5. The lowest BCUT2D eigenvalue weighted by atomic mass is 10.1. The van der Waals surface area contributed by atoms with Gasteiger partial charge in [0, 0.05) is 22.2 Å². The number of benzene rings is 2. The first-order valence-corrected chi connectivity index (χ1v) is 8.58. The molecule has 6 nitrogen and oxygen atoms in total. The Morgan fingerprint density at radius 1 is 1.21 bits per heavy atom. The Labute approximate surface area is 168 Å². The number of aromatic amines is 1. The number of nitrogens with one attached hydrogen (secondary N) is 2. The molecule has 150 valence electrons. The summed E-state index contributed by atoms with van der Waals surface area (Å²) < 4.78 is 44.7. The summed E-state index contributed by atoms with van der Waals surface area (Å²) in [5, 5.41) is 14.3. The molecular formula is C19H15ClF3N4O2+. The third-order valence-corrected chi connectivity index (χ3v) is 4.09. The first-order valence-electron chi connectivity index (χ1n) is 8.20. The Morgan fingerprint density at radius 2 is 1.93 bits per heavy atom. The third-order valence-electron chi connectivity index (χ3n) is 3.84. The Balaban J connectivity index is 1.92. The standard InChI is InChI=1S/C19H14ClF3N4O2/c1-29-15-4-2-3-12(17(15)28)10-24-27-18-25-14(9-16(26-18)19(21,22)23)11-5-7-13(20)8-6-11/h2-10,28H,1H3,(H,25,26,27)/p+1/b24-10+. The minimum absolute atomic E-state index is 0.150. The molecule has 0 radical (unpaired) electrons. The van der Waals surface area contributed by atoms with Crippen LogP contribution in [0.15, 0.2) is 53.6 Å². The second kappa shape index (κ2) is 8.36. The van der Waals surface area contributed by atoms with Crippen molar-refractivity contribution in [2.75, 3.05) is 12.5 Å². The van der Waals surface area contributed by atoms with Gasteiger partial charge in [0.05, 0.1) is 13.3 Å². The van der Waals surface area contributed by atoms with Crippen LogP contribution in [0.3, 0.4) is 0 Å². The van der Waals surface area contributed by atoms with E-state index in [9.17, 15) is 18.3 Å². The number of hydrazone groups is 1. The number of anilines is 1. The molecule has 1 heterocycles. The van der Waals surface area contributed by atoms with Gasteiger partial charge in [-0.2, -0.15) is 18.6 Å². The van der Waals surface area contributed by atoms with E-state index in [2.05, 4.69) is 20.5 Å². The minimum atomic E-state index is -4.65. The number of aromatic hydroxyl groups is 1. The van der Waals surface area contributed by atoms with Gasteiger partial charge in [-0.25, -0.2) is 4.98 Å². The second-order valence-corrected chi connectivity index (χ2v) is 6.24. The monoisotopic (exact) mass is 423 g/mol. The smallest absolute Gasteiger partial charge is 0.449 e. The summed E-state index contributed by atoms with van der Waals surface area (Å²) in [6.07, 6.45) is -3.42. The van der Waals surface area contributed by atoms with Gasteiger partial charge in [-0.05, 0) is 36.4 Å². The zero-order valence-corrected chi connectivity index (χ0v) is 15.7. The summed E-state index contributed by atoms with van der Waals surface area (Å²) in [7, 11) is 1.40. The minimum Gasteiger partial charge on any atom is -0.504 e. The maximum absolute atomic E-state index is 13.2. The average molecular weight is 424 g/mol. The van der Waals surface area contributed by atoms with Crippen LogP contribution in [0, 0.1) is 0 Å². The van der Waals surface area contributed by atoms with E-state index >= 15 is 0 Å². The topological polar surface area (TPSA) is 80.9 Å². The van der Waals surface area contributed by atoms with E-state index in [0.29, 0.717) is 16.1 Å².